The molecule has 2 heterocycles. The van der Waals surface area contributed by atoms with Crippen LogP contribution in [-0.4, -0.2) is 20.8 Å². The van der Waals surface area contributed by atoms with Gasteiger partial charge in [-0.3, -0.25) is 9.67 Å². The number of hydrogen-bond donors (Lipinski definition) is 1. The highest BCUT2D eigenvalue weighted by atomic mass is 35.5. The van der Waals surface area contributed by atoms with Gasteiger partial charge in [-0.15, -0.1) is 0 Å². The molecule has 0 radical (unpaired) electrons. The molecule has 2 rings (SSSR count). The Labute approximate surface area is 105 Å². The van der Waals surface area contributed by atoms with Gasteiger partial charge in [0.15, 0.2) is 0 Å². The number of nitrogens with two attached hydrogens (primary N) is 1. The third-order valence-corrected chi connectivity index (χ3v) is 2.97. The molecule has 2 N–H and O–H groups in total. The zero-order valence-corrected chi connectivity index (χ0v) is 10.4. The van der Waals surface area contributed by atoms with Gasteiger partial charge in [0.2, 0.25) is 0 Å². The van der Waals surface area contributed by atoms with Gasteiger partial charge in [0, 0.05) is 24.6 Å². The van der Waals surface area contributed by atoms with Crippen molar-refractivity contribution in [2.75, 3.05) is 0 Å². The molecule has 0 fully saturated rings. The number of pyridine rings is 1. The zero-order valence-electron chi connectivity index (χ0n) is 9.62. The van der Waals surface area contributed by atoms with Gasteiger partial charge in [0.1, 0.15) is 0 Å². The Balaban J connectivity index is 2.39. The predicted molar refractivity (Wildman–Crippen MR) is 67.9 cm³/mol. The van der Waals surface area contributed by atoms with Gasteiger partial charge >= 0.3 is 0 Å². The summed E-state index contributed by atoms with van der Waals surface area (Å²) in [6.07, 6.45) is 7.80. The molecule has 2 atom stereocenters. The van der Waals surface area contributed by atoms with Crippen molar-refractivity contribution in [1.82, 2.24) is 14.8 Å². The lowest BCUT2D eigenvalue weighted by Crippen LogP contribution is -2.32. The van der Waals surface area contributed by atoms with Crippen LogP contribution in [0.25, 0.3) is 0 Å². The van der Waals surface area contributed by atoms with Crippen LogP contribution in [0.3, 0.4) is 0 Å². The lowest BCUT2D eigenvalue weighted by Gasteiger charge is -2.23. The number of nitrogens with zero attached hydrogens (tertiary/aromatic N) is 3. The molecule has 90 valence electrons. The van der Waals surface area contributed by atoms with E-state index in [9.17, 15) is 0 Å². The summed E-state index contributed by atoms with van der Waals surface area (Å²) in [5, 5.41) is 4.86. The van der Waals surface area contributed by atoms with E-state index in [1.807, 2.05) is 16.8 Å². The normalized spacial score (nSPS) is 14.5. The largest absolute Gasteiger partial charge is 0.326 e. The maximum absolute atomic E-state index is 6.17. The van der Waals surface area contributed by atoms with Crippen molar-refractivity contribution in [2.45, 2.75) is 25.4 Å². The minimum atomic E-state index is -0.00614. The van der Waals surface area contributed by atoms with Gasteiger partial charge in [-0.25, -0.2) is 0 Å². The Hall–Kier alpha value is -1.39. The van der Waals surface area contributed by atoms with Crippen LogP contribution in [0.5, 0.6) is 0 Å². The molecule has 17 heavy (non-hydrogen) atoms. The van der Waals surface area contributed by atoms with Gasteiger partial charge in [0.25, 0.3) is 0 Å². The van der Waals surface area contributed by atoms with Crippen molar-refractivity contribution in [1.29, 1.82) is 0 Å². The van der Waals surface area contributed by atoms with E-state index < -0.39 is 0 Å². The van der Waals surface area contributed by atoms with E-state index in [1.165, 1.54) is 0 Å². The summed E-state index contributed by atoms with van der Waals surface area (Å²) in [6.45, 7) is 2.06. The fraction of sp³-hybridized carbons (Fsp3) is 0.333. The van der Waals surface area contributed by atoms with Crippen LogP contribution >= 0.6 is 11.6 Å². The average molecular weight is 251 g/mol. The molecule has 0 aromatic carbocycles. The number of hydrogen-bond acceptors (Lipinski definition) is 3. The van der Waals surface area contributed by atoms with Crippen LogP contribution in [0.2, 0.25) is 5.02 Å². The first kappa shape index (κ1) is 12.1. The summed E-state index contributed by atoms with van der Waals surface area (Å²) >= 11 is 5.90. The van der Waals surface area contributed by atoms with Crippen LogP contribution in [0, 0.1) is 0 Å². The van der Waals surface area contributed by atoms with Crippen molar-refractivity contribution in [2.24, 2.45) is 5.73 Å². The summed E-state index contributed by atoms with van der Waals surface area (Å²) in [5.41, 5.74) is 7.26. The van der Waals surface area contributed by atoms with Crippen molar-refractivity contribution in [3.8, 4) is 0 Å². The Morgan fingerprint density at radius 2 is 2.12 bits per heavy atom. The first-order valence-electron chi connectivity index (χ1n) is 5.57. The number of aromatic nitrogens is 3. The minimum Gasteiger partial charge on any atom is -0.326 e. The van der Waals surface area contributed by atoms with Gasteiger partial charge < -0.3 is 5.73 Å². The van der Waals surface area contributed by atoms with E-state index in [-0.39, 0.29) is 12.1 Å². The summed E-state index contributed by atoms with van der Waals surface area (Å²) < 4.78 is 1.81. The van der Waals surface area contributed by atoms with Crippen molar-refractivity contribution < 1.29 is 0 Å². The van der Waals surface area contributed by atoms with Gasteiger partial charge in [-0.05, 0) is 24.1 Å². The highest BCUT2D eigenvalue weighted by Gasteiger charge is 2.21. The second-order valence-electron chi connectivity index (χ2n) is 3.94. The van der Waals surface area contributed by atoms with Crippen LogP contribution < -0.4 is 5.73 Å². The van der Waals surface area contributed by atoms with Crippen molar-refractivity contribution in [3.05, 3.63) is 47.5 Å². The molecule has 2 unspecified atom stereocenters. The Morgan fingerprint density at radius 3 is 2.65 bits per heavy atom. The van der Waals surface area contributed by atoms with Crippen LogP contribution in [0.15, 0.2) is 36.9 Å². The molecule has 0 aliphatic carbocycles. The van der Waals surface area contributed by atoms with E-state index in [0.29, 0.717) is 5.02 Å². The molecule has 0 spiro atoms. The maximum atomic E-state index is 6.17. The van der Waals surface area contributed by atoms with Gasteiger partial charge in [-0.1, -0.05) is 18.5 Å². The summed E-state index contributed by atoms with van der Waals surface area (Å²) in [7, 11) is 0. The fourth-order valence-electron chi connectivity index (χ4n) is 1.85. The smallest absolute Gasteiger partial charge is 0.0920 e. The first-order valence-corrected chi connectivity index (χ1v) is 5.95. The van der Waals surface area contributed by atoms with E-state index in [4.69, 9.17) is 17.3 Å². The van der Waals surface area contributed by atoms with E-state index in [2.05, 4.69) is 17.0 Å². The average Bonchev–Trinajstić information content (AvgIpc) is 2.77. The molecule has 0 saturated carbocycles. The fourth-order valence-corrected chi connectivity index (χ4v) is 1.99. The minimum absolute atomic E-state index is 0.00417. The molecule has 0 saturated heterocycles. The summed E-state index contributed by atoms with van der Waals surface area (Å²) in [4.78, 5) is 4.02. The Bertz CT molecular complexity index is 468. The van der Waals surface area contributed by atoms with Crippen molar-refractivity contribution >= 4 is 11.6 Å². The molecule has 0 bridgehead atoms. The second-order valence-corrected chi connectivity index (χ2v) is 4.37. The van der Waals surface area contributed by atoms with Crippen LogP contribution in [0.1, 0.15) is 24.9 Å². The lowest BCUT2D eigenvalue weighted by molar-refractivity contribution is 0.424. The van der Waals surface area contributed by atoms with Gasteiger partial charge in [0.05, 0.1) is 17.3 Å². The molecule has 2 aromatic rings. The SMILES string of the molecule is CCC(N)C(c1ccncc1)n1cc(Cl)cn1. The highest BCUT2D eigenvalue weighted by molar-refractivity contribution is 6.30. The van der Waals surface area contributed by atoms with E-state index in [1.54, 1.807) is 24.8 Å². The second kappa shape index (κ2) is 5.29. The highest BCUT2D eigenvalue weighted by Crippen LogP contribution is 2.23. The van der Waals surface area contributed by atoms with Gasteiger partial charge in [-0.2, -0.15) is 5.10 Å². The van der Waals surface area contributed by atoms with E-state index in [0.717, 1.165) is 12.0 Å². The topological polar surface area (TPSA) is 56.7 Å². The molecule has 0 amide bonds. The Morgan fingerprint density at radius 1 is 1.41 bits per heavy atom. The van der Waals surface area contributed by atoms with Crippen molar-refractivity contribution in [3.63, 3.8) is 0 Å². The maximum Gasteiger partial charge on any atom is 0.0920 e. The zero-order chi connectivity index (χ0) is 12.3. The molecular weight excluding hydrogens is 236 g/mol. The lowest BCUT2D eigenvalue weighted by atomic mass is 9.99. The molecule has 0 aliphatic rings. The molecule has 2 aromatic heterocycles. The predicted octanol–water partition coefficient (Wildman–Crippen LogP) is 2.26. The third kappa shape index (κ3) is 2.65. The summed E-state index contributed by atoms with van der Waals surface area (Å²) in [6, 6.07) is 3.90. The third-order valence-electron chi connectivity index (χ3n) is 2.78. The van der Waals surface area contributed by atoms with Crippen LogP contribution in [-0.2, 0) is 0 Å². The standard InChI is InChI=1S/C12H15ClN4/c1-2-11(14)12(9-3-5-15-6-4-9)17-8-10(13)7-16-17/h3-8,11-12H,2,14H2,1H3. The molecule has 5 heteroatoms. The summed E-state index contributed by atoms with van der Waals surface area (Å²) in [5.74, 6) is 0. The Kier molecular flexibility index (Phi) is 3.76. The molecule has 4 nitrogen and oxygen atoms in total. The molecule has 0 aliphatic heterocycles. The number of rotatable bonds is 4. The quantitative estimate of drug-likeness (QED) is 0.906. The van der Waals surface area contributed by atoms with Crippen LogP contribution in [0.4, 0.5) is 0 Å². The number of halogens is 1. The first-order chi connectivity index (χ1) is 8.22. The van der Waals surface area contributed by atoms with E-state index >= 15 is 0 Å². The monoisotopic (exact) mass is 250 g/mol. The molecular formula is C12H15ClN4.